The monoisotopic (exact) mass is 1020 g/mol. The topological polar surface area (TPSA) is 179 Å². The van der Waals surface area contributed by atoms with Gasteiger partial charge in [0.25, 0.3) is 0 Å². The van der Waals surface area contributed by atoms with E-state index in [9.17, 15) is 19.2 Å². The Bertz CT molecular complexity index is 2590. The summed E-state index contributed by atoms with van der Waals surface area (Å²) in [6.07, 6.45) is 0. The van der Waals surface area contributed by atoms with E-state index >= 15 is 0 Å². The van der Waals surface area contributed by atoms with Crippen LogP contribution in [-0.4, -0.2) is 103 Å². The molecule has 5 aromatic carbocycles. The quantitative estimate of drug-likeness (QED) is 0.0463. The molecule has 4 aliphatic rings. The Labute approximate surface area is 425 Å². The van der Waals surface area contributed by atoms with Crippen LogP contribution in [-0.2, 0) is 68.6 Å². The zero-order valence-corrected chi connectivity index (χ0v) is 41.9. The molecule has 4 aliphatic heterocycles. The van der Waals surface area contributed by atoms with Gasteiger partial charge in [-0.05, 0) is 47.5 Å². The van der Waals surface area contributed by atoms with E-state index in [0.29, 0.717) is 49.4 Å². The summed E-state index contributed by atoms with van der Waals surface area (Å²) in [5.74, 6) is -2.61. The third-order valence-corrected chi connectivity index (χ3v) is 14.5. The van der Waals surface area contributed by atoms with Gasteiger partial charge in [0, 0.05) is 71.6 Å². The number of benzene rings is 5. The van der Waals surface area contributed by atoms with E-state index in [1.54, 1.807) is 12.1 Å². The molecule has 0 amide bonds. The molecule has 0 N–H and O–H groups in total. The first kappa shape index (κ1) is 50.7. The molecule has 0 bridgehead atoms. The molecule has 18 heteroatoms. The highest BCUT2D eigenvalue weighted by Crippen LogP contribution is 2.59. The van der Waals surface area contributed by atoms with E-state index in [0.717, 1.165) is 53.0 Å². The van der Waals surface area contributed by atoms with Crippen LogP contribution in [0.5, 0.6) is 23.0 Å². The second-order valence-corrected chi connectivity index (χ2v) is 19.1. The standard InChI is InChI=1S/C54H54O16S2/c1-33(55)59-21-25-63-45-19-17-43-51(49(45)65-27-23-61-35(3)57)71-47-11-7-5-9-41(47)53(43)67-29-39(30-68-53)37-13-15-38(16-14-37)40-31-69-54(70-32-40)42-10-6-8-12-48(42)72-52-44(54)18-20-46(64-26-22-60-34(2)56)50(52)66-28-24-62-36(4)58/h5-20,39-40H,21-32H2,1-4H3. The molecule has 16 nitrogen and oxygen atoms in total. The molecule has 0 radical (unpaired) electrons. The lowest BCUT2D eigenvalue weighted by Crippen LogP contribution is -2.44. The molecule has 2 saturated heterocycles. The van der Waals surface area contributed by atoms with Gasteiger partial charge >= 0.3 is 23.9 Å². The van der Waals surface area contributed by atoms with Crippen LogP contribution >= 0.6 is 23.5 Å². The number of carbonyl (C=O) groups is 4. The molecule has 0 atom stereocenters. The Balaban J connectivity index is 0.919. The van der Waals surface area contributed by atoms with Crippen molar-refractivity contribution in [1.29, 1.82) is 0 Å². The lowest BCUT2D eigenvalue weighted by Gasteiger charge is -2.45. The summed E-state index contributed by atoms with van der Waals surface area (Å²) in [6.45, 7) is 7.29. The highest BCUT2D eigenvalue weighted by atomic mass is 32.2. The molecule has 0 aromatic heterocycles. The predicted molar refractivity (Wildman–Crippen MR) is 260 cm³/mol. The van der Waals surface area contributed by atoms with Crippen LogP contribution in [0.2, 0.25) is 0 Å². The van der Waals surface area contributed by atoms with Crippen LogP contribution in [0.4, 0.5) is 0 Å². The van der Waals surface area contributed by atoms with Crippen LogP contribution in [0.3, 0.4) is 0 Å². The highest BCUT2D eigenvalue weighted by molar-refractivity contribution is 8.00. The molecule has 0 unspecified atom stereocenters. The maximum absolute atomic E-state index is 11.5. The summed E-state index contributed by atoms with van der Waals surface area (Å²) < 4.78 is 72.9. The second kappa shape index (κ2) is 22.6. The van der Waals surface area contributed by atoms with E-state index in [4.69, 9.17) is 56.8 Å². The summed E-state index contributed by atoms with van der Waals surface area (Å²) in [5, 5.41) is 0. The van der Waals surface area contributed by atoms with Gasteiger partial charge < -0.3 is 56.8 Å². The van der Waals surface area contributed by atoms with Crippen LogP contribution < -0.4 is 18.9 Å². The molecule has 72 heavy (non-hydrogen) atoms. The number of carbonyl (C=O) groups excluding carboxylic acids is 4. The first-order valence-corrected chi connectivity index (χ1v) is 25.2. The smallest absolute Gasteiger partial charge is 0.302 e. The van der Waals surface area contributed by atoms with Crippen molar-refractivity contribution in [2.75, 3.05) is 79.3 Å². The fourth-order valence-electron chi connectivity index (χ4n) is 8.91. The van der Waals surface area contributed by atoms with Crippen molar-refractivity contribution in [2.45, 2.75) is 70.7 Å². The number of hydrogen-bond acceptors (Lipinski definition) is 18. The molecule has 378 valence electrons. The number of hydrogen-bond donors (Lipinski definition) is 0. The van der Waals surface area contributed by atoms with E-state index in [-0.39, 0.29) is 64.7 Å². The van der Waals surface area contributed by atoms with E-state index in [1.807, 2.05) is 60.7 Å². The minimum atomic E-state index is -1.25. The maximum Gasteiger partial charge on any atom is 0.302 e. The van der Waals surface area contributed by atoms with Crippen molar-refractivity contribution < 1.29 is 76.0 Å². The van der Waals surface area contributed by atoms with E-state index in [1.165, 1.54) is 51.2 Å². The molecule has 2 fully saturated rings. The SMILES string of the molecule is CC(=O)OCCOc1ccc2c(c1OCCOC(C)=O)Sc1ccccc1C21OCC(c2ccc(C3COC4(OC3)c3ccccc3Sc3c4ccc(OCCOC(C)=O)c3OCCOC(C)=O)cc2)CO1. The maximum atomic E-state index is 11.5. The molecule has 0 aliphatic carbocycles. The lowest BCUT2D eigenvalue weighted by atomic mass is 9.90. The molecular weight excluding hydrogens is 969 g/mol. The first-order valence-electron chi connectivity index (χ1n) is 23.6. The lowest BCUT2D eigenvalue weighted by molar-refractivity contribution is -0.260. The normalized spacial score (nSPS) is 20.4. The van der Waals surface area contributed by atoms with Crippen molar-refractivity contribution in [3.63, 3.8) is 0 Å². The van der Waals surface area contributed by atoms with Crippen LogP contribution in [0.25, 0.3) is 0 Å². The molecular formula is C54H54O16S2. The molecule has 9 rings (SSSR count). The summed E-state index contributed by atoms with van der Waals surface area (Å²) in [4.78, 5) is 49.2. The minimum absolute atomic E-state index is 0.0361. The fraction of sp³-hybridized carbons (Fsp3) is 0.370. The van der Waals surface area contributed by atoms with Crippen LogP contribution in [0.1, 0.15) is 72.9 Å². The Morgan fingerprint density at radius 3 is 1.11 bits per heavy atom. The van der Waals surface area contributed by atoms with E-state index in [2.05, 4.69) is 24.3 Å². The third-order valence-electron chi connectivity index (χ3n) is 12.2. The number of fused-ring (bicyclic) bond motifs is 8. The molecule has 5 aromatic rings. The van der Waals surface area contributed by atoms with Gasteiger partial charge in [0.1, 0.15) is 52.9 Å². The van der Waals surface area contributed by atoms with Crippen molar-refractivity contribution in [1.82, 2.24) is 0 Å². The minimum Gasteiger partial charge on any atom is -0.486 e. The Morgan fingerprint density at radius 2 is 0.764 bits per heavy atom. The van der Waals surface area contributed by atoms with Crippen molar-refractivity contribution >= 4 is 47.4 Å². The van der Waals surface area contributed by atoms with E-state index < -0.39 is 35.5 Å². The van der Waals surface area contributed by atoms with Crippen LogP contribution in [0.15, 0.2) is 117 Å². The van der Waals surface area contributed by atoms with Gasteiger partial charge in [-0.2, -0.15) is 0 Å². The number of rotatable bonds is 18. The van der Waals surface area contributed by atoms with Gasteiger partial charge in [-0.15, -0.1) is 0 Å². The predicted octanol–water partition coefficient (Wildman–Crippen LogP) is 8.45. The highest BCUT2D eigenvalue weighted by Gasteiger charge is 2.50. The van der Waals surface area contributed by atoms with Gasteiger partial charge in [-0.1, -0.05) is 84.2 Å². The Morgan fingerprint density at radius 1 is 0.431 bits per heavy atom. The zero-order chi connectivity index (χ0) is 50.2. The Hall–Kier alpha value is -6.28. The van der Waals surface area contributed by atoms with Gasteiger partial charge in [-0.25, -0.2) is 0 Å². The summed E-state index contributed by atoms with van der Waals surface area (Å²) in [5.41, 5.74) is 5.34. The zero-order valence-electron chi connectivity index (χ0n) is 40.2. The molecule has 4 heterocycles. The first-order chi connectivity index (χ1) is 35.0. The van der Waals surface area contributed by atoms with Crippen molar-refractivity contribution in [3.05, 3.63) is 130 Å². The van der Waals surface area contributed by atoms with Gasteiger partial charge in [0.15, 0.2) is 23.0 Å². The van der Waals surface area contributed by atoms with Gasteiger partial charge in [-0.3, -0.25) is 19.2 Å². The number of ether oxygens (including phenoxy) is 12. The molecule has 0 saturated carbocycles. The second-order valence-electron chi connectivity index (χ2n) is 17.0. The number of esters is 4. The van der Waals surface area contributed by atoms with Crippen LogP contribution in [0, 0.1) is 0 Å². The fourth-order valence-corrected chi connectivity index (χ4v) is 11.4. The van der Waals surface area contributed by atoms with Gasteiger partial charge in [0.2, 0.25) is 11.6 Å². The molecule has 2 spiro atoms. The third kappa shape index (κ3) is 10.9. The largest absolute Gasteiger partial charge is 0.486 e. The van der Waals surface area contributed by atoms with Crippen molar-refractivity contribution in [3.8, 4) is 23.0 Å². The average Bonchev–Trinajstić information content (AvgIpc) is 3.38. The average molecular weight is 1020 g/mol. The van der Waals surface area contributed by atoms with Crippen molar-refractivity contribution in [2.24, 2.45) is 0 Å². The summed E-state index contributed by atoms with van der Waals surface area (Å²) in [7, 11) is 0. The Kier molecular flexibility index (Phi) is 15.9. The van der Waals surface area contributed by atoms with Gasteiger partial charge in [0.05, 0.1) is 36.2 Å². The summed E-state index contributed by atoms with van der Waals surface area (Å²) >= 11 is 3.01. The summed E-state index contributed by atoms with van der Waals surface area (Å²) in [6, 6.07) is 31.7.